The molecule has 1 heterocycles. The van der Waals surface area contributed by atoms with Crippen LogP contribution in [-0.4, -0.2) is 36.2 Å². The molecule has 2 N–H and O–H groups in total. The highest BCUT2D eigenvalue weighted by atomic mass is 35.5. The molecule has 1 aliphatic rings. The Kier molecular flexibility index (Phi) is 5.18. The van der Waals surface area contributed by atoms with Gasteiger partial charge in [-0.15, -0.1) is 12.4 Å². The van der Waals surface area contributed by atoms with Crippen LogP contribution < -0.4 is 5.32 Å². The lowest BCUT2D eigenvalue weighted by atomic mass is 10.0. The number of aromatic hydroxyl groups is 1. The van der Waals surface area contributed by atoms with E-state index in [2.05, 4.69) is 10.2 Å². The van der Waals surface area contributed by atoms with E-state index in [9.17, 15) is 9.50 Å². The zero-order chi connectivity index (χ0) is 11.5. The lowest BCUT2D eigenvalue weighted by molar-refractivity contribution is 0.182. The van der Waals surface area contributed by atoms with Crippen molar-refractivity contribution in [2.24, 2.45) is 0 Å². The van der Waals surface area contributed by atoms with Crippen molar-refractivity contribution in [1.82, 2.24) is 10.2 Å². The van der Waals surface area contributed by atoms with Gasteiger partial charge in [-0.25, -0.2) is 4.39 Å². The van der Waals surface area contributed by atoms with Crippen LogP contribution in [0.4, 0.5) is 4.39 Å². The van der Waals surface area contributed by atoms with Crippen molar-refractivity contribution in [2.75, 3.05) is 26.2 Å². The first-order chi connectivity index (χ1) is 7.68. The fraction of sp³-hybridized carbons (Fsp3) is 0.500. The Balaban J connectivity index is 0.00000144. The first-order valence-corrected chi connectivity index (χ1v) is 5.61. The molecule has 1 aromatic rings. The van der Waals surface area contributed by atoms with E-state index < -0.39 is 0 Å². The van der Waals surface area contributed by atoms with Crippen molar-refractivity contribution >= 4 is 12.4 Å². The van der Waals surface area contributed by atoms with E-state index in [1.165, 1.54) is 18.2 Å². The highest BCUT2D eigenvalue weighted by Crippen LogP contribution is 2.28. The molecule has 0 amide bonds. The maximum Gasteiger partial charge on any atom is 0.123 e. The first-order valence-electron chi connectivity index (χ1n) is 5.61. The Hall–Kier alpha value is -0.840. The summed E-state index contributed by atoms with van der Waals surface area (Å²) in [6.45, 7) is 5.74. The normalized spacial score (nSPS) is 18.5. The van der Waals surface area contributed by atoms with Gasteiger partial charge in [0.1, 0.15) is 11.6 Å². The quantitative estimate of drug-likeness (QED) is 0.853. The summed E-state index contributed by atoms with van der Waals surface area (Å²) >= 11 is 0. The zero-order valence-electron chi connectivity index (χ0n) is 9.82. The average molecular weight is 261 g/mol. The number of phenols is 1. The van der Waals surface area contributed by atoms with E-state index in [4.69, 9.17) is 0 Å². The molecule has 1 fully saturated rings. The van der Waals surface area contributed by atoms with E-state index in [0.29, 0.717) is 5.56 Å². The molecule has 3 nitrogen and oxygen atoms in total. The van der Waals surface area contributed by atoms with Gasteiger partial charge in [-0.2, -0.15) is 0 Å². The number of phenolic OH excluding ortho intramolecular Hbond substituents is 1. The summed E-state index contributed by atoms with van der Waals surface area (Å²) in [4.78, 5) is 2.24. The summed E-state index contributed by atoms with van der Waals surface area (Å²) in [5.41, 5.74) is 0.668. The number of hydrogen-bond acceptors (Lipinski definition) is 3. The van der Waals surface area contributed by atoms with E-state index in [1.54, 1.807) is 0 Å². The molecule has 1 saturated heterocycles. The standard InChI is InChI=1S/C12H17FN2O.ClH/c1-9(15-6-4-14-5-7-15)11-8-10(13)2-3-12(11)16;/h2-3,8-9,14,16H,4-7H2,1H3;1H/t9-;/m1./s1. The summed E-state index contributed by atoms with van der Waals surface area (Å²) in [5, 5.41) is 13.0. The number of nitrogens with zero attached hydrogens (tertiary/aromatic N) is 1. The molecule has 0 saturated carbocycles. The molecule has 0 radical (unpaired) electrons. The lowest BCUT2D eigenvalue weighted by Crippen LogP contribution is -2.44. The third-order valence-electron chi connectivity index (χ3n) is 3.14. The second-order valence-corrected chi connectivity index (χ2v) is 4.17. The molecule has 0 spiro atoms. The highest BCUT2D eigenvalue weighted by Gasteiger charge is 2.20. The van der Waals surface area contributed by atoms with Crippen molar-refractivity contribution in [3.05, 3.63) is 29.6 Å². The van der Waals surface area contributed by atoms with E-state index >= 15 is 0 Å². The second-order valence-electron chi connectivity index (χ2n) is 4.17. The number of hydrogen-bond donors (Lipinski definition) is 2. The molecule has 2 rings (SSSR count). The maximum atomic E-state index is 13.1. The molecule has 0 aromatic heterocycles. The van der Waals surface area contributed by atoms with Crippen LogP contribution in [-0.2, 0) is 0 Å². The van der Waals surface area contributed by atoms with Gasteiger partial charge < -0.3 is 10.4 Å². The molecule has 17 heavy (non-hydrogen) atoms. The monoisotopic (exact) mass is 260 g/mol. The number of benzene rings is 1. The van der Waals surface area contributed by atoms with Crippen LogP contribution in [0.3, 0.4) is 0 Å². The average Bonchev–Trinajstić information content (AvgIpc) is 2.32. The predicted octanol–water partition coefficient (Wildman–Crippen LogP) is 1.92. The van der Waals surface area contributed by atoms with Gasteiger partial charge in [0.15, 0.2) is 0 Å². The van der Waals surface area contributed by atoms with Crippen molar-refractivity contribution in [3.63, 3.8) is 0 Å². The summed E-state index contributed by atoms with van der Waals surface area (Å²) in [7, 11) is 0. The summed E-state index contributed by atoms with van der Waals surface area (Å²) < 4.78 is 13.1. The SMILES string of the molecule is C[C@H](c1cc(F)ccc1O)N1CCNCC1.Cl. The van der Waals surface area contributed by atoms with Gasteiger partial charge in [0.2, 0.25) is 0 Å². The van der Waals surface area contributed by atoms with Gasteiger partial charge in [-0.3, -0.25) is 4.90 Å². The fourth-order valence-corrected chi connectivity index (χ4v) is 2.13. The van der Waals surface area contributed by atoms with E-state index in [-0.39, 0.29) is 30.0 Å². The number of piperazine rings is 1. The zero-order valence-corrected chi connectivity index (χ0v) is 10.6. The minimum atomic E-state index is -0.296. The van der Waals surface area contributed by atoms with Crippen LogP contribution in [0.25, 0.3) is 0 Å². The molecule has 0 aliphatic carbocycles. The fourth-order valence-electron chi connectivity index (χ4n) is 2.13. The van der Waals surface area contributed by atoms with Crippen molar-refractivity contribution in [1.29, 1.82) is 0 Å². The molecule has 0 unspecified atom stereocenters. The lowest BCUT2D eigenvalue weighted by Gasteiger charge is -2.33. The molecular formula is C12H18ClFN2O. The third kappa shape index (κ3) is 3.31. The minimum Gasteiger partial charge on any atom is -0.508 e. The summed E-state index contributed by atoms with van der Waals surface area (Å²) in [6.07, 6.45) is 0. The van der Waals surface area contributed by atoms with Gasteiger partial charge in [0.05, 0.1) is 0 Å². The Labute approximate surface area is 107 Å². The van der Waals surface area contributed by atoms with Crippen LogP contribution in [0.2, 0.25) is 0 Å². The van der Waals surface area contributed by atoms with E-state index in [1.807, 2.05) is 6.92 Å². The number of nitrogens with one attached hydrogen (secondary N) is 1. The Morgan fingerprint density at radius 2 is 2.00 bits per heavy atom. The third-order valence-corrected chi connectivity index (χ3v) is 3.14. The van der Waals surface area contributed by atoms with Crippen LogP contribution in [0.15, 0.2) is 18.2 Å². The van der Waals surface area contributed by atoms with Gasteiger partial charge in [0, 0.05) is 37.8 Å². The minimum absolute atomic E-state index is 0. The van der Waals surface area contributed by atoms with Crippen LogP contribution in [0.5, 0.6) is 5.75 Å². The molecule has 1 aromatic carbocycles. The second kappa shape index (κ2) is 6.19. The topological polar surface area (TPSA) is 35.5 Å². The predicted molar refractivity (Wildman–Crippen MR) is 68.2 cm³/mol. The van der Waals surface area contributed by atoms with Gasteiger partial charge in [-0.05, 0) is 25.1 Å². The van der Waals surface area contributed by atoms with Gasteiger partial charge in [-0.1, -0.05) is 0 Å². The van der Waals surface area contributed by atoms with Crippen molar-refractivity contribution in [2.45, 2.75) is 13.0 Å². The summed E-state index contributed by atoms with van der Waals surface area (Å²) in [5.74, 6) is -0.123. The Morgan fingerprint density at radius 1 is 1.35 bits per heavy atom. The first kappa shape index (κ1) is 14.2. The Bertz CT molecular complexity index is 370. The van der Waals surface area contributed by atoms with Crippen molar-refractivity contribution in [3.8, 4) is 5.75 Å². The molecule has 0 bridgehead atoms. The van der Waals surface area contributed by atoms with E-state index in [0.717, 1.165) is 26.2 Å². The largest absolute Gasteiger partial charge is 0.508 e. The molecule has 1 atom stereocenters. The molecule has 1 aliphatic heterocycles. The summed E-state index contributed by atoms with van der Waals surface area (Å²) in [6, 6.07) is 4.17. The molecule has 5 heteroatoms. The smallest absolute Gasteiger partial charge is 0.123 e. The van der Waals surface area contributed by atoms with Crippen LogP contribution in [0.1, 0.15) is 18.5 Å². The number of rotatable bonds is 2. The van der Waals surface area contributed by atoms with Crippen LogP contribution >= 0.6 is 12.4 Å². The molecule has 96 valence electrons. The highest BCUT2D eigenvalue weighted by molar-refractivity contribution is 5.85. The number of halogens is 2. The van der Waals surface area contributed by atoms with Gasteiger partial charge >= 0.3 is 0 Å². The Morgan fingerprint density at radius 3 is 2.65 bits per heavy atom. The van der Waals surface area contributed by atoms with Crippen molar-refractivity contribution < 1.29 is 9.50 Å². The maximum absolute atomic E-state index is 13.1. The van der Waals surface area contributed by atoms with Gasteiger partial charge in [0.25, 0.3) is 0 Å². The van der Waals surface area contributed by atoms with Crippen LogP contribution in [0, 0.1) is 5.82 Å². The molecular weight excluding hydrogens is 243 g/mol.